The van der Waals surface area contributed by atoms with Gasteiger partial charge in [-0.1, -0.05) is 33.8 Å². The molecule has 0 aliphatic rings. The summed E-state index contributed by atoms with van der Waals surface area (Å²) >= 11 is 0. The Labute approximate surface area is 119 Å². The molecule has 0 unspecified atom stereocenters. The summed E-state index contributed by atoms with van der Waals surface area (Å²) in [6.45, 7) is 8.35. The third kappa shape index (κ3) is 4.27. The molecule has 0 amide bonds. The largest absolute Gasteiger partial charge is 0.240 e. The van der Waals surface area contributed by atoms with Crippen molar-refractivity contribution < 1.29 is 9.59 Å². The van der Waals surface area contributed by atoms with Crippen LogP contribution in [0.2, 0.25) is 0 Å². The van der Waals surface area contributed by atoms with Crippen molar-refractivity contribution in [3.63, 3.8) is 0 Å². The molecule has 0 aliphatic heterocycles. The van der Waals surface area contributed by atoms with Crippen LogP contribution in [0.1, 0.15) is 38.8 Å². The Morgan fingerprint density at radius 2 is 1.55 bits per heavy atom. The second-order valence-corrected chi connectivity index (χ2v) is 5.67. The first-order valence-electron chi connectivity index (χ1n) is 6.80. The smallest absolute Gasteiger partial charge is 0.211 e. The lowest BCUT2D eigenvalue weighted by Gasteiger charge is -2.15. The van der Waals surface area contributed by atoms with E-state index in [1.165, 1.54) is 0 Å². The van der Waals surface area contributed by atoms with Crippen LogP contribution in [0.4, 0.5) is 11.4 Å². The molecule has 0 aromatic heterocycles. The maximum atomic E-state index is 10.7. The summed E-state index contributed by atoms with van der Waals surface area (Å²) in [7, 11) is 0. The third-order valence-corrected chi connectivity index (χ3v) is 2.91. The summed E-state index contributed by atoms with van der Waals surface area (Å²) in [4.78, 5) is 28.9. The lowest BCUT2D eigenvalue weighted by Crippen LogP contribution is -2.00. The number of hydrogen-bond acceptors (Lipinski definition) is 4. The Hall–Kier alpha value is -2.02. The van der Waals surface area contributed by atoms with Gasteiger partial charge in [-0.2, -0.15) is 9.98 Å². The molecule has 0 spiro atoms. The Balaban J connectivity index is 3.50. The van der Waals surface area contributed by atoms with Crippen molar-refractivity contribution in [1.82, 2.24) is 0 Å². The van der Waals surface area contributed by atoms with Crippen LogP contribution >= 0.6 is 0 Å². The molecule has 106 valence electrons. The van der Waals surface area contributed by atoms with Gasteiger partial charge in [-0.05, 0) is 36.3 Å². The second-order valence-electron chi connectivity index (χ2n) is 5.67. The number of isocyanates is 2. The minimum atomic E-state index is 0.366. The molecule has 0 saturated heterocycles. The average Bonchev–Trinajstić information content (AvgIpc) is 2.35. The van der Waals surface area contributed by atoms with E-state index in [2.05, 4.69) is 37.7 Å². The van der Waals surface area contributed by atoms with E-state index in [0.29, 0.717) is 29.6 Å². The highest BCUT2D eigenvalue weighted by Crippen LogP contribution is 2.35. The maximum Gasteiger partial charge on any atom is 0.240 e. The number of hydrogen-bond donors (Lipinski definition) is 0. The summed E-state index contributed by atoms with van der Waals surface area (Å²) in [5.41, 5.74) is 2.96. The molecule has 0 heterocycles. The fourth-order valence-corrected chi connectivity index (χ4v) is 2.23. The van der Waals surface area contributed by atoms with E-state index in [4.69, 9.17) is 0 Å². The zero-order chi connectivity index (χ0) is 15.1. The van der Waals surface area contributed by atoms with Crippen molar-refractivity contribution in [2.45, 2.75) is 40.5 Å². The standard InChI is InChI=1S/C16H20N2O2/c1-11(2)7-13-5-6-15(17-9-19)14(8-12(3)4)16(13)18-10-20/h5-6,11-12H,7-8H2,1-4H3. The van der Waals surface area contributed by atoms with Crippen LogP contribution in [0.5, 0.6) is 0 Å². The van der Waals surface area contributed by atoms with E-state index in [0.717, 1.165) is 17.5 Å². The summed E-state index contributed by atoms with van der Waals surface area (Å²) in [6, 6.07) is 3.67. The molecule has 0 N–H and O–H groups in total. The van der Waals surface area contributed by atoms with Crippen LogP contribution < -0.4 is 0 Å². The van der Waals surface area contributed by atoms with E-state index in [1.807, 2.05) is 6.07 Å². The number of nitrogens with zero attached hydrogens (tertiary/aromatic N) is 2. The summed E-state index contributed by atoms with van der Waals surface area (Å²) in [5.74, 6) is 0.813. The van der Waals surface area contributed by atoms with Crippen LogP contribution in [0.15, 0.2) is 22.1 Å². The zero-order valence-corrected chi connectivity index (χ0v) is 12.4. The van der Waals surface area contributed by atoms with Crippen molar-refractivity contribution in [2.24, 2.45) is 21.8 Å². The second kappa shape index (κ2) is 7.54. The van der Waals surface area contributed by atoms with E-state index < -0.39 is 0 Å². The summed E-state index contributed by atoms with van der Waals surface area (Å²) in [5, 5.41) is 0. The topological polar surface area (TPSA) is 58.9 Å². The number of aliphatic imine (C=N–C) groups is 2. The van der Waals surface area contributed by atoms with Gasteiger partial charge in [0.1, 0.15) is 0 Å². The molecular weight excluding hydrogens is 252 g/mol. The van der Waals surface area contributed by atoms with Crippen LogP contribution in [0, 0.1) is 11.8 Å². The molecule has 1 aromatic rings. The van der Waals surface area contributed by atoms with Crippen LogP contribution in [-0.2, 0) is 22.4 Å². The monoisotopic (exact) mass is 272 g/mol. The number of benzene rings is 1. The molecular formula is C16H20N2O2. The van der Waals surface area contributed by atoms with Gasteiger partial charge in [-0.3, -0.25) is 0 Å². The molecule has 0 fully saturated rings. The van der Waals surface area contributed by atoms with E-state index >= 15 is 0 Å². The van der Waals surface area contributed by atoms with E-state index in [-0.39, 0.29) is 0 Å². The Morgan fingerprint density at radius 1 is 0.950 bits per heavy atom. The van der Waals surface area contributed by atoms with Crippen LogP contribution in [0.3, 0.4) is 0 Å². The van der Waals surface area contributed by atoms with Gasteiger partial charge in [0.05, 0.1) is 11.4 Å². The van der Waals surface area contributed by atoms with Gasteiger partial charge in [0.15, 0.2) is 0 Å². The van der Waals surface area contributed by atoms with E-state index in [9.17, 15) is 9.59 Å². The minimum absolute atomic E-state index is 0.366. The molecule has 1 aromatic carbocycles. The fourth-order valence-electron chi connectivity index (χ4n) is 2.23. The normalized spacial score (nSPS) is 10.3. The highest BCUT2D eigenvalue weighted by atomic mass is 16.1. The first kappa shape index (κ1) is 16.0. The van der Waals surface area contributed by atoms with Gasteiger partial charge in [-0.25, -0.2) is 9.59 Å². The number of carbonyl (C=O) groups excluding carboxylic acids is 2. The van der Waals surface area contributed by atoms with Gasteiger partial charge in [0.25, 0.3) is 0 Å². The number of rotatable bonds is 6. The molecule has 4 heteroatoms. The van der Waals surface area contributed by atoms with Gasteiger partial charge >= 0.3 is 0 Å². The first-order valence-corrected chi connectivity index (χ1v) is 6.80. The van der Waals surface area contributed by atoms with Gasteiger partial charge < -0.3 is 0 Å². The maximum absolute atomic E-state index is 10.7. The minimum Gasteiger partial charge on any atom is -0.211 e. The van der Waals surface area contributed by atoms with Gasteiger partial charge in [0, 0.05) is 5.56 Å². The molecule has 0 saturated carbocycles. The third-order valence-electron chi connectivity index (χ3n) is 2.91. The molecule has 1 rings (SSSR count). The Kier molecular flexibility index (Phi) is 6.05. The highest BCUT2D eigenvalue weighted by Gasteiger charge is 2.15. The van der Waals surface area contributed by atoms with Crippen molar-refractivity contribution >= 4 is 23.5 Å². The molecule has 0 bridgehead atoms. The Bertz CT molecular complexity index is 564. The predicted octanol–water partition coefficient (Wildman–Crippen LogP) is 4.02. The predicted molar refractivity (Wildman–Crippen MR) is 79.1 cm³/mol. The average molecular weight is 272 g/mol. The molecule has 20 heavy (non-hydrogen) atoms. The summed E-state index contributed by atoms with van der Waals surface area (Å²) in [6.07, 6.45) is 4.69. The van der Waals surface area contributed by atoms with Gasteiger partial charge in [0.2, 0.25) is 12.2 Å². The SMILES string of the molecule is CC(C)Cc1ccc(N=C=O)c(CC(C)C)c1N=C=O. The van der Waals surface area contributed by atoms with Gasteiger partial charge in [-0.15, -0.1) is 0 Å². The Morgan fingerprint density at radius 3 is 2.05 bits per heavy atom. The lowest BCUT2D eigenvalue weighted by atomic mass is 9.93. The molecule has 0 radical (unpaired) electrons. The van der Waals surface area contributed by atoms with Crippen molar-refractivity contribution in [2.75, 3.05) is 0 Å². The fraction of sp³-hybridized carbons (Fsp3) is 0.500. The lowest BCUT2D eigenvalue weighted by molar-refractivity contribution is 0.564. The van der Waals surface area contributed by atoms with Crippen LogP contribution in [-0.4, -0.2) is 12.2 Å². The first-order chi connectivity index (χ1) is 9.49. The molecule has 4 nitrogen and oxygen atoms in total. The van der Waals surface area contributed by atoms with Crippen molar-refractivity contribution in [1.29, 1.82) is 0 Å². The van der Waals surface area contributed by atoms with Crippen molar-refractivity contribution in [3.8, 4) is 0 Å². The summed E-state index contributed by atoms with van der Waals surface area (Å²) < 4.78 is 0. The molecule has 0 atom stereocenters. The van der Waals surface area contributed by atoms with E-state index in [1.54, 1.807) is 18.2 Å². The van der Waals surface area contributed by atoms with Crippen molar-refractivity contribution in [3.05, 3.63) is 23.3 Å². The molecule has 0 aliphatic carbocycles. The van der Waals surface area contributed by atoms with Crippen LogP contribution in [0.25, 0.3) is 0 Å². The highest BCUT2D eigenvalue weighted by molar-refractivity contribution is 5.69. The quantitative estimate of drug-likeness (QED) is 0.580. The zero-order valence-electron chi connectivity index (χ0n) is 12.4.